The highest BCUT2D eigenvalue weighted by molar-refractivity contribution is 7.21. The molecule has 0 saturated heterocycles. The summed E-state index contributed by atoms with van der Waals surface area (Å²) in [7, 11) is 1.91. The van der Waals surface area contributed by atoms with Crippen molar-refractivity contribution in [3.05, 3.63) is 65.5 Å². The minimum absolute atomic E-state index is 0.154. The Kier molecular flexibility index (Phi) is 5.07. The molecule has 2 heterocycles. The van der Waals surface area contributed by atoms with Crippen molar-refractivity contribution in [2.75, 3.05) is 5.32 Å². The third-order valence-corrected chi connectivity index (χ3v) is 6.11. The van der Waals surface area contributed by atoms with Gasteiger partial charge in [0.2, 0.25) is 0 Å². The number of urea groups is 1. The summed E-state index contributed by atoms with van der Waals surface area (Å²) in [6, 6.07) is 15.4. The second-order valence-electron chi connectivity index (χ2n) is 7.06. The molecule has 0 bridgehead atoms. The number of thiazole rings is 1. The van der Waals surface area contributed by atoms with Gasteiger partial charge in [0.15, 0.2) is 0 Å². The molecule has 2 N–H and O–H groups in total. The lowest BCUT2D eigenvalue weighted by molar-refractivity contribution is 0.249. The number of hydrogen-bond donors (Lipinski definition) is 2. The molecule has 0 fully saturated rings. The predicted octanol–water partition coefficient (Wildman–Crippen LogP) is 5.20. The van der Waals surface area contributed by atoms with Crippen LogP contribution in [0.15, 0.2) is 48.5 Å². The first kappa shape index (κ1) is 19.1. The third-order valence-electron chi connectivity index (χ3n) is 5.05. The molecule has 1 atom stereocenters. The van der Waals surface area contributed by atoms with Gasteiger partial charge >= 0.3 is 6.03 Å². The van der Waals surface area contributed by atoms with Gasteiger partial charge in [0, 0.05) is 23.9 Å². The van der Waals surface area contributed by atoms with E-state index in [4.69, 9.17) is 4.98 Å². The van der Waals surface area contributed by atoms with E-state index in [1.54, 1.807) is 11.3 Å². The Morgan fingerprint density at radius 2 is 1.83 bits per heavy atom. The van der Waals surface area contributed by atoms with E-state index in [1.807, 2.05) is 75.0 Å². The minimum atomic E-state index is -0.256. The molecule has 0 aliphatic rings. The average molecular weight is 406 g/mol. The molecule has 2 aromatic carbocycles. The molecule has 0 saturated carbocycles. The largest absolute Gasteiger partial charge is 0.331 e. The lowest BCUT2D eigenvalue weighted by atomic mass is 10.1. The summed E-state index contributed by atoms with van der Waals surface area (Å²) < 4.78 is 2.96. The summed E-state index contributed by atoms with van der Waals surface area (Å²) in [6.45, 7) is 5.94. The topological polar surface area (TPSA) is 71.8 Å². The normalized spacial score (nSPS) is 12.1. The van der Waals surface area contributed by atoms with Crippen LogP contribution in [-0.4, -0.2) is 20.8 Å². The maximum atomic E-state index is 12.7. The summed E-state index contributed by atoms with van der Waals surface area (Å²) >= 11 is 1.62. The SMILES string of the molecule is Cc1nn(C)c(C)c1[C@H](C)NC(=O)Nc1ccccc1-c1nc2ccccc2s1. The van der Waals surface area contributed by atoms with E-state index in [0.717, 1.165) is 43.4 Å². The fourth-order valence-corrected chi connectivity index (χ4v) is 4.62. The zero-order valence-electron chi connectivity index (χ0n) is 16.9. The highest BCUT2D eigenvalue weighted by atomic mass is 32.1. The van der Waals surface area contributed by atoms with Crippen LogP contribution in [0.2, 0.25) is 0 Å². The molecular weight excluding hydrogens is 382 g/mol. The molecule has 6 nitrogen and oxygen atoms in total. The van der Waals surface area contributed by atoms with Gasteiger partial charge in [-0.2, -0.15) is 5.10 Å². The van der Waals surface area contributed by atoms with Crippen molar-refractivity contribution in [3.63, 3.8) is 0 Å². The smallest absolute Gasteiger partial charge is 0.319 e. The lowest BCUT2D eigenvalue weighted by Crippen LogP contribution is -2.31. The molecular formula is C22H23N5OS. The van der Waals surface area contributed by atoms with Gasteiger partial charge in [-0.25, -0.2) is 9.78 Å². The van der Waals surface area contributed by atoms with E-state index >= 15 is 0 Å². The van der Waals surface area contributed by atoms with Gasteiger partial charge in [0.05, 0.1) is 27.6 Å². The number of hydrogen-bond acceptors (Lipinski definition) is 4. The van der Waals surface area contributed by atoms with Crippen molar-refractivity contribution in [1.82, 2.24) is 20.1 Å². The Balaban J connectivity index is 1.56. The fourth-order valence-electron chi connectivity index (χ4n) is 3.61. The number of nitrogens with one attached hydrogen (secondary N) is 2. The molecule has 4 aromatic rings. The highest BCUT2D eigenvalue weighted by Crippen LogP contribution is 2.34. The minimum Gasteiger partial charge on any atom is -0.331 e. The summed E-state index contributed by atoms with van der Waals surface area (Å²) in [4.78, 5) is 17.4. The van der Waals surface area contributed by atoms with Crippen molar-refractivity contribution in [2.45, 2.75) is 26.8 Å². The second-order valence-corrected chi connectivity index (χ2v) is 8.09. The van der Waals surface area contributed by atoms with E-state index in [0.29, 0.717) is 0 Å². The number of carbonyl (C=O) groups excluding carboxylic acids is 1. The molecule has 7 heteroatoms. The van der Waals surface area contributed by atoms with Crippen LogP contribution in [0.3, 0.4) is 0 Å². The standard InChI is InChI=1S/C22H23N5OS/c1-13(20-14(2)26-27(4)15(20)3)23-22(28)25-17-10-6-5-9-16(17)21-24-18-11-7-8-12-19(18)29-21/h5-13H,1-4H3,(H2,23,25,28)/t13-/m0/s1. The number of rotatable bonds is 4. The van der Waals surface area contributed by atoms with Crippen LogP contribution in [0.5, 0.6) is 0 Å². The Morgan fingerprint density at radius 1 is 1.10 bits per heavy atom. The summed E-state index contributed by atoms with van der Waals surface area (Å²) in [5.74, 6) is 0. The third kappa shape index (κ3) is 3.73. The van der Waals surface area contributed by atoms with Crippen molar-refractivity contribution in [1.29, 1.82) is 0 Å². The lowest BCUT2D eigenvalue weighted by Gasteiger charge is -2.16. The first-order valence-corrected chi connectivity index (χ1v) is 10.3. The van der Waals surface area contributed by atoms with Gasteiger partial charge in [0.1, 0.15) is 5.01 Å². The fraction of sp³-hybridized carbons (Fsp3) is 0.227. The van der Waals surface area contributed by atoms with Gasteiger partial charge in [0.25, 0.3) is 0 Å². The first-order valence-electron chi connectivity index (χ1n) is 9.46. The molecule has 0 radical (unpaired) electrons. The van der Waals surface area contributed by atoms with Crippen LogP contribution < -0.4 is 10.6 Å². The van der Waals surface area contributed by atoms with Crippen LogP contribution in [0, 0.1) is 13.8 Å². The number of anilines is 1. The molecule has 2 aromatic heterocycles. The molecule has 148 valence electrons. The van der Waals surface area contributed by atoms with E-state index < -0.39 is 0 Å². The maximum absolute atomic E-state index is 12.7. The van der Waals surface area contributed by atoms with E-state index in [1.165, 1.54) is 0 Å². The van der Waals surface area contributed by atoms with Crippen LogP contribution in [-0.2, 0) is 7.05 Å². The number of benzene rings is 2. The van der Waals surface area contributed by atoms with Crippen LogP contribution in [0.1, 0.15) is 29.9 Å². The molecule has 2 amide bonds. The number of aryl methyl sites for hydroxylation is 2. The summed E-state index contributed by atoms with van der Waals surface area (Å²) in [5.41, 5.74) is 5.61. The molecule has 29 heavy (non-hydrogen) atoms. The van der Waals surface area contributed by atoms with E-state index in [-0.39, 0.29) is 12.1 Å². The zero-order valence-corrected chi connectivity index (χ0v) is 17.7. The van der Waals surface area contributed by atoms with Gasteiger partial charge in [-0.1, -0.05) is 24.3 Å². The number of para-hydroxylation sites is 2. The van der Waals surface area contributed by atoms with E-state index in [9.17, 15) is 4.79 Å². The Bertz CT molecular complexity index is 1160. The van der Waals surface area contributed by atoms with Crippen LogP contribution in [0.4, 0.5) is 10.5 Å². The van der Waals surface area contributed by atoms with Gasteiger partial charge < -0.3 is 10.6 Å². The Morgan fingerprint density at radius 3 is 2.55 bits per heavy atom. The van der Waals surface area contributed by atoms with Crippen molar-refractivity contribution in [2.24, 2.45) is 7.05 Å². The number of carbonyl (C=O) groups is 1. The average Bonchev–Trinajstić information content (AvgIpc) is 3.22. The molecule has 4 rings (SSSR count). The highest BCUT2D eigenvalue weighted by Gasteiger charge is 2.19. The quantitative estimate of drug-likeness (QED) is 0.490. The molecule has 0 spiro atoms. The second kappa shape index (κ2) is 7.67. The van der Waals surface area contributed by atoms with Crippen molar-refractivity contribution >= 4 is 33.3 Å². The number of nitrogens with zero attached hydrogens (tertiary/aromatic N) is 3. The summed E-state index contributed by atoms with van der Waals surface area (Å²) in [6.07, 6.45) is 0. The first-order chi connectivity index (χ1) is 13.9. The number of aromatic nitrogens is 3. The number of amides is 2. The van der Waals surface area contributed by atoms with Crippen LogP contribution in [0.25, 0.3) is 20.8 Å². The van der Waals surface area contributed by atoms with Gasteiger partial charge in [-0.05, 0) is 45.0 Å². The molecule has 0 unspecified atom stereocenters. The Hall–Kier alpha value is -3.19. The van der Waals surface area contributed by atoms with Crippen molar-refractivity contribution in [3.8, 4) is 10.6 Å². The van der Waals surface area contributed by atoms with Crippen LogP contribution >= 0.6 is 11.3 Å². The summed E-state index contributed by atoms with van der Waals surface area (Å²) in [5, 5.41) is 11.3. The Labute approximate surface area is 173 Å². The monoisotopic (exact) mass is 405 g/mol. The zero-order chi connectivity index (χ0) is 20.5. The van der Waals surface area contributed by atoms with Gasteiger partial charge in [-0.15, -0.1) is 11.3 Å². The number of fused-ring (bicyclic) bond motifs is 1. The maximum Gasteiger partial charge on any atom is 0.319 e. The van der Waals surface area contributed by atoms with E-state index in [2.05, 4.69) is 21.8 Å². The predicted molar refractivity (Wildman–Crippen MR) is 118 cm³/mol. The van der Waals surface area contributed by atoms with Crippen molar-refractivity contribution < 1.29 is 4.79 Å². The van der Waals surface area contributed by atoms with Gasteiger partial charge in [-0.3, -0.25) is 4.68 Å². The molecule has 0 aliphatic heterocycles. The molecule has 0 aliphatic carbocycles.